The molecule has 1 aliphatic rings. The van der Waals surface area contributed by atoms with Crippen molar-refractivity contribution in [2.75, 3.05) is 28.7 Å². The highest BCUT2D eigenvalue weighted by Gasteiger charge is 2.33. The average molecular weight is 474 g/mol. The average Bonchev–Trinajstić information content (AvgIpc) is 2.87. The van der Waals surface area contributed by atoms with E-state index in [1.54, 1.807) is 37.3 Å². The minimum absolute atomic E-state index is 0.168. The molecule has 35 heavy (non-hydrogen) atoms. The Balaban J connectivity index is 1.43. The SMILES string of the molecule is CCc1ccc(OCC(=O)Nc2ccc3c(c2)N(CC(=O)Nc2ccccc2)C(=O)C(C)O3)cc1. The van der Waals surface area contributed by atoms with Gasteiger partial charge in [0, 0.05) is 11.4 Å². The number of carbonyl (C=O) groups is 3. The van der Waals surface area contributed by atoms with Gasteiger partial charge in [-0.25, -0.2) is 0 Å². The number of carbonyl (C=O) groups excluding carboxylic acids is 3. The van der Waals surface area contributed by atoms with E-state index in [-0.39, 0.29) is 30.9 Å². The van der Waals surface area contributed by atoms with Gasteiger partial charge in [0.25, 0.3) is 11.8 Å². The normalized spacial score (nSPS) is 14.5. The number of nitrogens with one attached hydrogen (secondary N) is 2. The van der Waals surface area contributed by atoms with E-state index < -0.39 is 6.10 Å². The van der Waals surface area contributed by atoms with E-state index in [1.165, 1.54) is 10.5 Å². The third kappa shape index (κ3) is 5.97. The lowest BCUT2D eigenvalue weighted by Crippen LogP contribution is -2.47. The van der Waals surface area contributed by atoms with E-state index in [9.17, 15) is 14.4 Å². The van der Waals surface area contributed by atoms with Crippen molar-refractivity contribution < 1.29 is 23.9 Å². The molecule has 0 spiro atoms. The van der Waals surface area contributed by atoms with Gasteiger partial charge in [0.2, 0.25) is 5.91 Å². The molecule has 2 N–H and O–H groups in total. The largest absolute Gasteiger partial charge is 0.484 e. The predicted molar refractivity (Wildman–Crippen MR) is 134 cm³/mol. The van der Waals surface area contributed by atoms with Gasteiger partial charge in [-0.05, 0) is 61.4 Å². The number of amides is 3. The second kappa shape index (κ2) is 10.7. The van der Waals surface area contributed by atoms with Crippen molar-refractivity contribution in [2.45, 2.75) is 26.4 Å². The maximum Gasteiger partial charge on any atom is 0.268 e. The molecule has 1 atom stereocenters. The van der Waals surface area contributed by atoms with Gasteiger partial charge in [-0.15, -0.1) is 0 Å². The number of rotatable bonds is 8. The summed E-state index contributed by atoms with van der Waals surface area (Å²) >= 11 is 0. The molecule has 3 aromatic carbocycles. The molecule has 0 aromatic heterocycles. The number of para-hydroxylation sites is 1. The second-order valence-corrected chi connectivity index (χ2v) is 8.12. The smallest absolute Gasteiger partial charge is 0.268 e. The number of anilines is 3. The highest BCUT2D eigenvalue weighted by Crippen LogP contribution is 2.36. The number of benzene rings is 3. The molecule has 0 fully saturated rings. The number of hydrogen-bond donors (Lipinski definition) is 2. The van der Waals surface area contributed by atoms with Crippen LogP contribution >= 0.6 is 0 Å². The molecule has 1 aliphatic heterocycles. The van der Waals surface area contributed by atoms with E-state index in [0.717, 1.165) is 6.42 Å². The van der Waals surface area contributed by atoms with Crippen molar-refractivity contribution in [3.63, 3.8) is 0 Å². The van der Waals surface area contributed by atoms with Crippen LogP contribution in [0.1, 0.15) is 19.4 Å². The monoisotopic (exact) mass is 473 g/mol. The van der Waals surface area contributed by atoms with Gasteiger partial charge >= 0.3 is 0 Å². The second-order valence-electron chi connectivity index (χ2n) is 8.12. The zero-order valence-electron chi connectivity index (χ0n) is 19.6. The molecule has 0 aliphatic carbocycles. The lowest BCUT2D eigenvalue weighted by molar-refractivity contribution is -0.127. The zero-order chi connectivity index (χ0) is 24.8. The summed E-state index contributed by atoms with van der Waals surface area (Å²) in [6.45, 7) is 3.34. The minimum atomic E-state index is -0.736. The van der Waals surface area contributed by atoms with Gasteiger partial charge in [0.05, 0.1) is 5.69 Å². The van der Waals surface area contributed by atoms with Crippen LogP contribution in [0.25, 0.3) is 0 Å². The molecule has 8 nitrogen and oxygen atoms in total. The van der Waals surface area contributed by atoms with Gasteiger partial charge in [-0.2, -0.15) is 0 Å². The third-order valence-electron chi connectivity index (χ3n) is 5.51. The summed E-state index contributed by atoms with van der Waals surface area (Å²) in [7, 11) is 0. The summed E-state index contributed by atoms with van der Waals surface area (Å²) in [6.07, 6.45) is 0.189. The van der Waals surface area contributed by atoms with Crippen LogP contribution in [0, 0.1) is 0 Å². The molecular formula is C27H27N3O5. The van der Waals surface area contributed by atoms with Crippen LogP contribution in [-0.2, 0) is 20.8 Å². The van der Waals surface area contributed by atoms with Crippen LogP contribution < -0.4 is 25.0 Å². The fourth-order valence-corrected chi connectivity index (χ4v) is 3.68. The predicted octanol–water partition coefficient (Wildman–Crippen LogP) is 4.02. The van der Waals surface area contributed by atoms with E-state index in [0.29, 0.717) is 28.6 Å². The zero-order valence-corrected chi connectivity index (χ0v) is 19.6. The fourth-order valence-electron chi connectivity index (χ4n) is 3.68. The Bertz CT molecular complexity index is 1210. The van der Waals surface area contributed by atoms with E-state index in [1.807, 2.05) is 42.5 Å². The molecule has 180 valence electrons. The number of fused-ring (bicyclic) bond motifs is 1. The van der Waals surface area contributed by atoms with Crippen molar-refractivity contribution in [3.8, 4) is 11.5 Å². The summed E-state index contributed by atoms with van der Waals surface area (Å²) in [5.74, 6) is 0.0140. The van der Waals surface area contributed by atoms with Gasteiger partial charge in [-0.3, -0.25) is 19.3 Å². The Morgan fingerprint density at radius 2 is 1.66 bits per heavy atom. The first-order chi connectivity index (χ1) is 16.9. The molecule has 1 unspecified atom stereocenters. The number of nitrogens with zero attached hydrogens (tertiary/aromatic N) is 1. The van der Waals surface area contributed by atoms with E-state index in [4.69, 9.17) is 9.47 Å². The van der Waals surface area contributed by atoms with Crippen molar-refractivity contribution in [1.29, 1.82) is 0 Å². The molecule has 0 radical (unpaired) electrons. The summed E-state index contributed by atoms with van der Waals surface area (Å²) in [4.78, 5) is 39.3. The first-order valence-corrected chi connectivity index (χ1v) is 11.4. The molecule has 1 heterocycles. The summed E-state index contributed by atoms with van der Waals surface area (Å²) in [5, 5.41) is 5.55. The summed E-state index contributed by atoms with van der Waals surface area (Å²) in [6, 6.07) is 21.5. The number of ether oxygens (including phenoxy) is 2. The van der Waals surface area contributed by atoms with Gasteiger partial charge in [0.1, 0.15) is 18.0 Å². The van der Waals surface area contributed by atoms with E-state index >= 15 is 0 Å². The third-order valence-corrected chi connectivity index (χ3v) is 5.51. The Kier molecular flexibility index (Phi) is 7.30. The van der Waals surface area contributed by atoms with Gasteiger partial charge in [0.15, 0.2) is 12.7 Å². The maximum atomic E-state index is 12.8. The Morgan fingerprint density at radius 3 is 2.37 bits per heavy atom. The van der Waals surface area contributed by atoms with Crippen LogP contribution in [0.15, 0.2) is 72.8 Å². The Labute approximate surface area is 203 Å². The summed E-state index contributed by atoms with van der Waals surface area (Å²) in [5.41, 5.74) is 2.68. The van der Waals surface area contributed by atoms with Crippen LogP contribution in [0.3, 0.4) is 0 Å². The first-order valence-electron chi connectivity index (χ1n) is 11.4. The number of aryl methyl sites for hydroxylation is 1. The molecule has 3 aromatic rings. The topological polar surface area (TPSA) is 97.0 Å². The first kappa shape index (κ1) is 23.8. The van der Waals surface area contributed by atoms with Gasteiger partial charge in [-0.1, -0.05) is 37.3 Å². The van der Waals surface area contributed by atoms with Crippen LogP contribution in [0.5, 0.6) is 11.5 Å². The van der Waals surface area contributed by atoms with Gasteiger partial charge < -0.3 is 20.1 Å². The molecule has 4 rings (SSSR count). The van der Waals surface area contributed by atoms with Crippen LogP contribution in [0.2, 0.25) is 0 Å². The molecule has 0 saturated heterocycles. The van der Waals surface area contributed by atoms with Crippen molar-refractivity contribution >= 4 is 34.8 Å². The lowest BCUT2D eigenvalue weighted by Gasteiger charge is -2.33. The molecule has 8 heteroatoms. The summed E-state index contributed by atoms with van der Waals surface area (Å²) < 4.78 is 11.3. The molecular weight excluding hydrogens is 446 g/mol. The number of hydrogen-bond acceptors (Lipinski definition) is 5. The minimum Gasteiger partial charge on any atom is -0.484 e. The highest BCUT2D eigenvalue weighted by molar-refractivity contribution is 6.06. The van der Waals surface area contributed by atoms with Crippen molar-refractivity contribution in [2.24, 2.45) is 0 Å². The maximum absolute atomic E-state index is 12.8. The Hall–Kier alpha value is -4.33. The molecule has 3 amide bonds. The quantitative estimate of drug-likeness (QED) is 0.515. The van der Waals surface area contributed by atoms with Crippen molar-refractivity contribution in [3.05, 3.63) is 78.4 Å². The van der Waals surface area contributed by atoms with Crippen LogP contribution in [0.4, 0.5) is 17.1 Å². The van der Waals surface area contributed by atoms with Crippen LogP contribution in [-0.4, -0.2) is 37.0 Å². The Morgan fingerprint density at radius 1 is 0.943 bits per heavy atom. The van der Waals surface area contributed by atoms with E-state index in [2.05, 4.69) is 17.6 Å². The van der Waals surface area contributed by atoms with Crippen molar-refractivity contribution in [1.82, 2.24) is 0 Å². The molecule has 0 saturated carbocycles. The fraction of sp³-hybridized carbons (Fsp3) is 0.222. The molecule has 0 bridgehead atoms. The highest BCUT2D eigenvalue weighted by atomic mass is 16.5. The standard InChI is InChI=1S/C27H27N3O5/c1-3-19-9-12-22(13-10-19)34-17-26(32)29-21-11-14-24-23(15-21)30(27(33)18(2)35-24)16-25(31)28-20-7-5-4-6-8-20/h4-15,18H,3,16-17H2,1-2H3,(H,28,31)(H,29,32). The lowest BCUT2D eigenvalue weighted by atomic mass is 10.1.